The lowest BCUT2D eigenvalue weighted by Crippen LogP contribution is -2.38. The molecule has 0 unspecified atom stereocenters. The first-order chi connectivity index (χ1) is 5.72. The molecule has 0 aliphatic heterocycles. The molecule has 76 valence electrons. The lowest BCUT2D eigenvalue weighted by molar-refractivity contribution is -0.140. The number of nitrogens with one attached hydrogen (secondary N) is 1. The van der Waals surface area contributed by atoms with Gasteiger partial charge in [-0.2, -0.15) is 0 Å². The zero-order valence-electron chi connectivity index (χ0n) is 6.85. The Morgan fingerprint density at radius 2 is 2.00 bits per heavy atom. The summed E-state index contributed by atoms with van der Waals surface area (Å²) in [6.07, 6.45) is 0.222. The topological polar surface area (TPSA) is 127 Å². The van der Waals surface area contributed by atoms with Gasteiger partial charge in [-0.15, -0.1) is 0 Å². The standard InChI is InChI=1S/C5H10N2O5S/c1-13(11,12)7-4(8)2-3(6)5(9)10/h3H,2,6H2,1H3,(H,7,8)(H,9,10)/t3-/m1/s1. The quantitative estimate of drug-likeness (QED) is 0.486. The first kappa shape index (κ1) is 11.8. The predicted molar refractivity (Wildman–Crippen MR) is 43.2 cm³/mol. The summed E-state index contributed by atoms with van der Waals surface area (Å²) in [4.78, 5) is 20.9. The molecule has 0 bridgehead atoms. The minimum absolute atomic E-state index is 0.567. The summed E-state index contributed by atoms with van der Waals surface area (Å²) < 4.78 is 22.5. The molecule has 0 heterocycles. The highest BCUT2D eigenvalue weighted by Crippen LogP contribution is 1.89. The third-order valence-corrected chi connectivity index (χ3v) is 1.62. The Bertz CT molecular complexity index is 309. The Labute approximate surface area is 75.0 Å². The van der Waals surface area contributed by atoms with Gasteiger partial charge in [-0.05, 0) is 0 Å². The molecule has 0 aromatic rings. The third kappa shape index (κ3) is 6.05. The van der Waals surface area contributed by atoms with Crippen LogP contribution >= 0.6 is 0 Å². The van der Waals surface area contributed by atoms with E-state index in [0.29, 0.717) is 0 Å². The number of hydrogen-bond acceptors (Lipinski definition) is 5. The zero-order valence-corrected chi connectivity index (χ0v) is 7.67. The molecule has 0 saturated carbocycles. The van der Waals surface area contributed by atoms with Crippen LogP contribution in [0, 0.1) is 0 Å². The lowest BCUT2D eigenvalue weighted by Gasteiger charge is -2.05. The number of carbonyl (C=O) groups is 2. The average molecular weight is 210 g/mol. The maximum absolute atomic E-state index is 10.7. The molecule has 0 rings (SSSR count). The Morgan fingerprint density at radius 1 is 1.54 bits per heavy atom. The summed E-state index contributed by atoms with van der Waals surface area (Å²) in [5, 5.41) is 8.27. The van der Waals surface area contributed by atoms with Crippen molar-refractivity contribution >= 4 is 21.9 Å². The van der Waals surface area contributed by atoms with Gasteiger partial charge in [0.25, 0.3) is 0 Å². The Balaban J connectivity index is 4.11. The molecule has 7 nitrogen and oxygen atoms in total. The minimum Gasteiger partial charge on any atom is -0.480 e. The predicted octanol–water partition coefficient (Wildman–Crippen LogP) is -2.14. The number of hydrogen-bond donors (Lipinski definition) is 3. The van der Waals surface area contributed by atoms with E-state index in [-0.39, 0.29) is 0 Å². The molecular weight excluding hydrogens is 200 g/mol. The van der Waals surface area contributed by atoms with E-state index in [1.807, 2.05) is 0 Å². The van der Waals surface area contributed by atoms with Crippen LogP contribution in [0.1, 0.15) is 6.42 Å². The first-order valence-corrected chi connectivity index (χ1v) is 5.10. The Kier molecular flexibility index (Phi) is 3.82. The molecule has 1 atom stereocenters. The Morgan fingerprint density at radius 3 is 2.31 bits per heavy atom. The van der Waals surface area contributed by atoms with Crippen molar-refractivity contribution in [1.29, 1.82) is 0 Å². The molecule has 8 heteroatoms. The van der Waals surface area contributed by atoms with Gasteiger partial charge in [-0.1, -0.05) is 0 Å². The van der Waals surface area contributed by atoms with Crippen molar-refractivity contribution < 1.29 is 23.1 Å². The third-order valence-electron chi connectivity index (χ3n) is 1.02. The van der Waals surface area contributed by atoms with Crippen molar-refractivity contribution in [3.63, 3.8) is 0 Å². The summed E-state index contributed by atoms with van der Waals surface area (Å²) >= 11 is 0. The number of sulfonamides is 1. The van der Waals surface area contributed by atoms with Crippen LogP contribution < -0.4 is 10.5 Å². The van der Waals surface area contributed by atoms with Gasteiger partial charge in [0, 0.05) is 0 Å². The van der Waals surface area contributed by atoms with Gasteiger partial charge in [-0.25, -0.2) is 8.42 Å². The highest BCUT2D eigenvalue weighted by molar-refractivity contribution is 7.89. The second kappa shape index (κ2) is 4.19. The van der Waals surface area contributed by atoms with Gasteiger partial charge in [-0.3, -0.25) is 14.3 Å². The van der Waals surface area contributed by atoms with Crippen molar-refractivity contribution in [2.75, 3.05) is 6.26 Å². The van der Waals surface area contributed by atoms with Crippen molar-refractivity contribution in [2.45, 2.75) is 12.5 Å². The largest absolute Gasteiger partial charge is 0.480 e. The number of aliphatic carboxylic acids is 1. The van der Waals surface area contributed by atoms with Crippen LogP contribution in [0.25, 0.3) is 0 Å². The first-order valence-electron chi connectivity index (χ1n) is 3.21. The summed E-state index contributed by atoms with van der Waals surface area (Å²) in [7, 11) is -3.64. The van der Waals surface area contributed by atoms with Crippen LogP contribution in [-0.2, 0) is 19.6 Å². The monoisotopic (exact) mass is 210 g/mol. The maximum Gasteiger partial charge on any atom is 0.321 e. The molecule has 1 amide bonds. The molecular formula is C5H10N2O5S. The second-order valence-corrected chi connectivity index (χ2v) is 4.19. The van der Waals surface area contributed by atoms with Gasteiger partial charge in [0.2, 0.25) is 15.9 Å². The fourth-order valence-corrected chi connectivity index (χ4v) is 1.03. The zero-order chi connectivity index (χ0) is 10.6. The Hall–Kier alpha value is -1.15. The molecule has 4 N–H and O–H groups in total. The molecule has 0 radical (unpaired) electrons. The van der Waals surface area contributed by atoms with Crippen molar-refractivity contribution in [3.8, 4) is 0 Å². The van der Waals surface area contributed by atoms with E-state index in [1.165, 1.54) is 0 Å². The molecule has 0 saturated heterocycles. The highest BCUT2D eigenvalue weighted by Gasteiger charge is 2.18. The van der Waals surface area contributed by atoms with Crippen molar-refractivity contribution in [1.82, 2.24) is 4.72 Å². The number of carboxylic acids is 1. The number of rotatable bonds is 4. The number of carbonyl (C=O) groups excluding carboxylic acids is 1. The fourth-order valence-electron chi connectivity index (χ4n) is 0.535. The molecule has 13 heavy (non-hydrogen) atoms. The van der Waals surface area contributed by atoms with Crippen molar-refractivity contribution in [3.05, 3.63) is 0 Å². The van der Waals surface area contributed by atoms with E-state index in [9.17, 15) is 18.0 Å². The molecule has 0 fully saturated rings. The van der Waals surface area contributed by atoms with Gasteiger partial charge in [0.05, 0.1) is 12.7 Å². The van der Waals surface area contributed by atoms with E-state index < -0.39 is 34.4 Å². The van der Waals surface area contributed by atoms with Gasteiger partial charge >= 0.3 is 5.97 Å². The molecule has 0 aliphatic carbocycles. The molecule has 0 spiro atoms. The number of nitrogens with two attached hydrogens (primary N) is 1. The molecule has 0 aromatic carbocycles. The summed E-state index contributed by atoms with van der Waals surface area (Å²) in [6, 6.07) is -1.39. The van der Waals surface area contributed by atoms with Crippen LogP contribution in [0.5, 0.6) is 0 Å². The summed E-state index contributed by atoms with van der Waals surface area (Å²) in [6.45, 7) is 0. The van der Waals surface area contributed by atoms with E-state index in [4.69, 9.17) is 10.8 Å². The molecule has 0 aromatic heterocycles. The summed E-state index contributed by atoms with van der Waals surface area (Å²) in [5.41, 5.74) is 4.98. The van der Waals surface area contributed by atoms with E-state index >= 15 is 0 Å². The van der Waals surface area contributed by atoms with Gasteiger partial charge in [0.15, 0.2) is 0 Å². The smallest absolute Gasteiger partial charge is 0.321 e. The van der Waals surface area contributed by atoms with Crippen LogP contribution in [0.2, 0.25) is 0 Å². The number of amides is 1. The van der Waals surface area contributed by atoms with Crippen LogP contribution in [0.4, 0.5) is 0 Å². The van der Waals surface area contributed by atoms with Gasteiger partial charge < -0.3 is 10.8 Å². The van der Waals surface area contributed by atoms with E-state index in [1.54, 1.807) is 4.72 Å². The SMILES string of the molecule is CS(=O)(=O)NC(=O)C[C@@H](N)C(=O)O. The van der Waals surface area contributed by atoms with Crippen molar-refractivity contribution in [2.24, 2.45) is 5.73 Å². The van der Waals surface area contributed by atoms with Crippen LogP contribution in [0.15, 0.2) is 0 Å². The number of carboxylic acid groups (broad SMARTS) is 1. The van der Waals surface area contributed by atoms with E-state index in [0.717, 1.165) is 6.26 Å². The minimum atomic E-state index is -3.64. The average Bonchev–Trinajstić information content (AvgIpc) is 1.81. The van der Waals surface area contributed by atoms with Gasteiger partial charge in [0.1, 0.15) is 6.04 Å². The lowest BCUT2D eigenvalue weighted by atomic mass is 10.2. The second-order valence-electron chi connectivity index (χ2n) is 2.45. The maximum atomic E-state index is 10.7. The van der Waals surface area contributed by atoms with Crippen LogP contribution in [-0.4, -0.2) is 37.7 Å². The fraction of sp³-hybridized carbons (Fsp3) is 0.600. The summed E-state index contributed by atoms with van der Waals surface area (Å²) in [5.74, 6) is -2.29. The highest BCUT2D eigenvalue weighted by atomic mass is 32.2. The van der Waals surface area contributed by atoms with Crippen LogP contribution in [0.3, 0.4) is 0 Å². The normalized spacial score (nSPS) is 13.4. The molecule has 0 aliphatic rings. The van der Waals surface area contributed by atoms with E-state index in [2.05, 4.69) is 0 Å².